The summed E-state index contributed by atoms with van der Waals surface area (Å²) < 4.78 is 0. The van der Waals surface area contributed by atoms with Crippen LogP contribution in [-0.4, -0.2) is 58.5 Å². The molecule has 0 radical (unpaired) electrons. The molecule has 0 aliphatic carbocycles. The third kappa shape index (κ3) is 6.04. The van der Waals surface area contributed by atoms with E-state index in [1.807, 2.05) is 24.3 Å². The second-order valence-electron chi connectivity index (χ2n) is 6.76. The van der Waals surface area contributed by atoms with Crippen molar-refractivity contribution in [3.63, 3.8) is 0 Å². The molecule has 1 aromatic carbocycles. The average molecular weight is 403 g/mol. The van der Waals surface area contributed by atoms with Gasteiger partial charge in [0.05, 0.1) is 12.6 Å². The van der Waals surface area contributed by atoms with Crippen LogP contribution in [0.2, 0.25) is 0 Å². The maximum atomic E-state index is 12.1. The number of para-hydroxylation sites is 1. The minimum Gasteiger partial charge on any atom is -0.480 e. The first kappa shape index (κ1) is 21.9. The quantitative estimate of drug-likeness (QED) is 0.322. The summed E-state index contributed by atoms with van der Waals surface area (Å²) in [7, 11) is 0. The van der Waals surface area contributed by atoms with Crippen LogP contribution < -0.4 is 21.7 Å². The van der Waals surface area contributed by atoms with Crippen LogP contribution in [0.3, 0.4) is 0 Å². The van der Waals surface area contributed by atoms with Gasteiger partial charge in [-0.25, -0.2) is 4.79 Å². The normalized spacial score (nSPS) is 13.9. The Morgan fingerprint density at radius 2 is 1.79 bits per heavy atom. The highest BCUT2D eigenvalue weighted by Gasteiger charge is 2.23. The number of nitrogens with two attached hydrogens (primary N) is 1. The van der Waals surface area contributed by atoms with Gasteiger partial charge in [-0.3, -0.25) is 14.4 Å². The van der Waals surface area contributed by atoms with Crippen LogP contribution in [-0.2, 0) is 25.6 Å². The summed E-state index contributed by atoms with van der Waals surface area (Å²) >= 11 is 0. The van der Waals surface area contributed by atoms with Gasteiger partial charge in [0.1, 0.15) is 12.1 Å². The van der Waals surface area contributed by atoms with Crippen molar-refractivity contribution in [1.82, 2.24) is 20.9 Å². The monoisotopic (exact) mass is 403 g/mol. The molecular formula is C19H25N5O5. The molecule has 3 amide bonds. The van der Waals surface area contributed by atoms with Crippen LogP contribution in [0.5, 0.6) is 0 Å². The zero-order chi connectivity index (χ0) is 21.6. The van der Waals surface area contributed by atoms with Crippen molar-refractivity contribution in [2.45, 2.75) is 38.4 Å². The Hall–Kier alpha value is -3.40. The number of fused-ring (bicyclic) bond motifs is 1. The Kier molecular flexibility index (Phi) is 7.32. The molecule has 2 aromatic rings. The standard InChI is InChI=1S/C19H25N5O5/c1-10(20)17(26)23-11(2)18(27)22-9-16(25)24-15(19(28)29)7-12-8-21-14-6-4-3-5-13(12)14/h3-6,8,10-11,15,21H,7,9,20H2,1-2H3,(H,22,27)(H,23,26)(H,24,25)(H,28,29). The van der Waals surface area contributed by atoms with Gasteiger partial charge in [-0.2, -0.15) is 0 Å². The predicted octanol–water partition coefficient (Wildman–Crippen LogP) is -0.752. The van der Waals surface area contributed by atoms with Crippen molar-refractivity contribution in [3.05, 3.63) is 36.0 Å². The molecule has 0 aliphatic heterocycles. The van der Waals surface area contributed by atoms with Gasteiger partial charge >= 0.3 is 5.97 Å². The van der Waals surface area contributed by atoms with Gasteiger partial charge in [-0.05, 0) is 25.5 Å². The predicted molar refractivity (Wildman–Crippen MR) is 106 cm³/mol. The van der Waals surface area contributed by atoms with E-state index in [2.05, 4.69) is 20.9 Å². The zero-order valence-corrected chi connectivity index (χ0v) is 16.2. The van der Waals surface area contributed by atoms with Gasteiger partial charge in [0.2, 0.25) is 17.7 Å². The molecule has 3 atom stereocenters. The Bertz CT molecular complexity index is 907. The lowest BCUT2D eigenvalue weighted by Crippen LogP contribution is -2.52. The molecule has 10 nitrogen and oxygen atoms in total. The number of carbonyl (C=O) groups is 4. The van der Waals surface area contributed by atoms with E-state index in [0.29, 0.717) is 0 Å². The second-order valence-corrected chi connectivity index (χ2v) is 6.76. The largest absolute Gasteiger partial charge is 0.480 e. The molecule has 2 rings (SSSR count). The number of carboxylic acids is 1. The smallest absolute Gasteiger partial charge is 0.326 e. The maximum absolute atomic E-state index is 12.1. The number of benzene rings is 1. The van der Waals surface area contributed by atoms with E-state index in [4.69, 9.17) is 5.73 Å². The fourth-order valence-electron chi connectivity index (χ4n) is 2.70. The third-order valence-corrected chi connectivity index (χ3v) is 4.32. The Morgan fingerprint density at radius 1 is 1.10 bits per heavy atom. The maximum Gasteiger partial charge on any atom is 0.326 e. The van der Waals surface area contributed by atoms with E-state index >= 15 is 0 Å². The number of carbonyl (C=O) groups excluding carboxylic acids is 3. The van der Waals surface area contributed by atoms with Crippen LogP contribution in [0, 0.1) is 0 Å². The number of hydrogen-bond donors (Lipinski definition) is 6. The molecule has 0 fully saturated rings. The van der Waals surface area contributed by atoms with Crippen molar-refractivity contribution in [1.29, 1.82) is 0 Å². The first-order chi connectivity index (χ1) is 13.7. The number of carboxylic acid groups (broad SMARTS) is 1. The van der Waals surface area contributed by atoms with Gasteiger partial charge in [0, 0.05) is 23.5 Å². The topological polar surface area (TPSA) is 166 Å². The van der Waals surface area contributed by atoms with E-state index in [0.717, 1.165) is 16.5 Å². The number of hydrogen-bond acceptors (Lipinski definition) is 5. The molecule has 10 heteroatoms. The molecule has 0 aliphatic rings. The molecule has 0 spiro atoms. The third-order valence-electron chi connectivity index (χ3n) is 4.32. The number of aromatic nitrogens is 1. The minimum atomic E-state index is -1.19. The zero-order valence-electron chi connectivity index (χ0n) is 16.2. The first-order valence-corrected chi connectivity index (χ1v) is 9.10. The van der Waals surface area contributed by atoms with E-state index in [9.17, 15) is 24.3 Å². The molecular weight excluding hydrogens is 378 g/mol. The van der Waals surface area contributed by atoms with Crippen molar-refractivity contribution in [3.8, 4) is 0 Å². The fourth-order valence-corrected chi connectivity index (χ4v) is 2.70. The second kappa shape index (κ2) is 9.69. The van der Waals surface area contributed by atoms with Gasteiger partial charge in [-0.1, -0.05) is 18.2 Å². The summed E-state index contributed by atoms with van der Waals surface area (Å²) in [4.78, 5) is 50.2. The molecule has 1 heterocycles. The Morgan fingerprint density at radius 3 is 2.45 bits per heavy atom. The molecule has 0 bridgehead atoms. The van der Waals surface area contributed by atoms with Gasteiger partial charge < -0.3 is 31.8 Å². The van der Waals surface area contributed by atoms with Gasteiger partial charge in [-0.15, -0.1) is 0 Å². The fraction of sp³-hybridized carbons (Fsp3) is 0.368. The van der Waals surface area contributed by atoms with Crippen LogP contribution in [0.25, 0.3) is 10.9 Å². The number of amides is 3. The lowest BCUT2D eigenvalue weighted by atomic mass is 10.0. The van der Waals surface area contributed by atoms with Gasteiger partial charge in [0.15, 0.2) is 0 Å². The lowest BCUT2D eigenvalue weighted by Gasteiger charge is -2.17. The number of H-pyrrole nitrogens is 1. The van der Waals surface area contributed by atoms with E-state index in [1.54, 1.807) is 6.20 Å². The van der Waals surface area contributed by atoms with Crippen LogP contribution >= 0.6 is 0 Å². The van der Waals surface area contributed by atoms with E-state index < -0.39 is 48.4 Å². The molecule has 3 unspecified atom stereocenters. The van der Waals surface area contributed by atoms with Crippen LogP contribution in [0.4, 0.5) is 0 Å². The average Bonchev–Trinajstić information content (AvgIpc) is 3.08. The van der Waals surface area contributed by atoms with E-state index in [-0.39, 0.29) is 6.42 Å². The van der Waals surface area contributed by atoms with Gasteiger partial charge in [0.25, 0.3) is 0 Å². The summed E-state index contributed by atoms with van der Waals surface area (Å²) in [5, 5.41) is 17.5. The number of aromatic amines is 1. The molecule has 0 saturated heterocycles. The number of nitrogens with one attached hydrogen (secondary N) is 4. The Balaban J connectivity index is 1.90. The molecule has 1 aromatic heterocycles. The number of rotatable bonds is 9. The highest BCUT2D eigenvalue weighted by molar-refractivity contribution is 5.92. The summed E-state index contributed by atoms with van der Waals surface area (Å²) in [5.41, 5.74) is 7.04. The number of aliphatic carboxylic acids is 1. The molecule has 156 valence electrons. The summed E-state index contributed by atoms with van der Waals surface area (Å²) in [6.07, 6.45) is 1.79. The Labute approximate surface area is 167 Å². The highest BCUT2D eigenvalue weighted by Crippen LogP contribution is 2.19. The van der Waals surface area contributed by atoms with Crippen molar-refractivity contribution in [2.24, 2.45) is 5.73 Å². The minimum absolute atomic E-state index is 0.0832. The van der Waals surface area contributed by atoms with Crippen molar-refractivity contribution < 1.29 is 24.3 Å². The molecule has 7 N–H and O–H groups in total. The van der Waals surface area contributed by atoms with E-state index in [1.165, 1.54) is 13.8 Å². The first-order valence-electron chi connectivity index (χ1n) is 9.10. The summed E-state index contributed by atoms with van der Waals surface area (Å²) in [6, 6.07) is 4.62. The molecule has 29 heavy (non-hydrogen) atoms. The molecule has 0 saturated carbocycles. The van der Waals surface area contributed by atoms with Crippen LogP contribution in [0.1, 0.15) is 19.4 Å². The SMILES string of the molecule is CC(N)C(=O)NC(C)C(=O)NCC(=O)NC(Cc1c[nH]c2ccccc12)C(=O)O. The lowest BCUT2D eigenvalue weighted by molar-refractivity contribution is -0.141. The summed E-state index contributed by atoms with van der Waals surface area (Å²) in [5.74, 6) is -2.93. The summed E-state index contributed by atoms with van der Waals surface area (Å²) in [6.45, 7) is 2.51. The van der Waals surface area contributed by atoms with Crippen LogP contribution in [0.15, 0.2) is 30.5 Å². The van der Waals surface area contributed by atoms with Crippen molar-refractivity contribution in [2.75, 3.05) is 6.54 Å². The highest BCUT2D eigenvalue weighted by atomic mass is 16.4. The van der Waals surface area contributed by atoms with Crippen molar-refractivity contribution >= 4 is 34.6 Å².